The highest BCUT2D eigenvalue weighted by Gasteiger charge is 2.07. The number of hydrogen-bond donors (Lipinski definition) is 0. The minimum atomic E-state index is 0.490. The topological polar surface area (TPSA) is 25.4 Å². The van der Waals surface area contributed by atoms with E-state index in [4.69, 9.17) is 16.3 Å². The molecule has 0 saturated carbocycles. The number of ether oxygens (including phenoxy) is 1. The molecule has 0 bridgehead atoms. The molecule has 1 aromatic heterocycles. The van der Waals surface area contributed by atoms with Gasteiger partial charge in [-0.1, -0.05) is 24.3 Å². The van der Waals surface area contributed by atoms with Crippen molar-refractivity contribution < 1.29 is 4.74 Å². The molecule has 0 atom stereocenters. The van der Waals surface area contributed by atoms with Crippen LogP contribution in [0.5, 0.6) is 5.75 Å². The molecule has 0 unspecified atom stereocenters. The van der Waals surface area contributed by atoms with Crippen LogP contribution in [0.15, 0.2) is 42.6 Å². The molecule has 0 aliphatic carbocycles. The van der Waals surface area contributed by atoms with Gasteiger partial charge in [-0.15, -0.1) is 11.6 Å². The highest BCUT2D eigenvalue weighted by Crippen LogP contribution is 2.21. The zero-order valence-corrected chi connectivity index (χ0v) is 11.9. The fraction of sp³-hybridized carbons (Fsp3) is 0.267. The summed E-state index contributed by atoms with van der Waals surface area (Å²) >= 11 is 5.76. The third kappa shape index (κ3) is 3.38. The number of halogens is 1. The van der Waals surface area contributed by atoms with E-state index in [1.807, 2.05) is 37.4 Å². The first-order chi connectivity index (χ1) is 9.24. The molecule has 19 heavy (non-hydrogen) atoms. The van der Waals surface area contributed by atoms with Crippen LogP contribution in [0.3, 0.4) is 0 Å². The van der Waals surface area contributed by atoms with Gasteiger partial charge in [0.2, 0.25) is 0 Å². The number of para-hydroxylation sites is 1. The second-order valence-electron chi connectivity index (χ2n) is 4.33. The fourth-order valence-corrected chi connectivity index (χ4v) is 2.05. The van der Waals surface area contributed by atoms with Gasteiger partial charge in [-0.3, -0.25) is 0 Å². The van der Waals surface area contributed by atoms with Gasteiger partial charge in [-0.05, 0) is 17.7 Å². The SMILES string of the molecule is COc1ccccc1CN(C)c1ccc(CCl)cn1. The molecule has 0 aliphatic rings. The first-order valence-corrected chi connectivity index (χ1v) is 6.62. The van der Waals surface area contributed by atoms with Crippen LogP contribution in [0.25, 0.3) is 0 Å². The van der Waals surface area contributed by atoms with Crippen LogP contribution in [0, 0.1) is 0 Å². The molecule has 2 rings (SSSR count). The smallest absolute Gasteiger partial charge is 0.128 e. The average molecular weight is 277 g/mol. The highest BCUT2D eigenvalue weighted by atomic mass is 35.5. The lowest BCUT2D eigenvalue weighted by atomic mass is 10.2. The quantitative estimate of drug-likeness (QED) is 0.782. The number of nitrogens with zero attached hydrogens (tertiary/aromatic N) is 2. The highest BCUT2D eigenvalue weighted by molar-refractivity contribution is 6.17. The van der Waals surface area contributed by atoms with Crippen LogP contribution in [0.1, 0.15) is 11.1 Å². The van der Waals surface area contributed by atoms with Crippen molar-refractivity contribution in [2.75, 3.05) is 19.1 Å². The normalized spacial score (nSPS) is 10.3. The molecule has 0 spiro atoms. The Bertz CT molecular complexity index is 528. The number of alkyl halides is 1. The lowest BCUT2D eigenvalue weighted by Gasteiger charge is -2.19. The lowest BCUT2D eigenvalue weighted by Crippen LogP contribution is -2.18. The van der Waals surface area contributed by atoms with E-state index in [1.165, 1.54) is 0 Å². The minimum absolute atomic E-state index is 0.490. The van der Waals surface area contributed by atoms with Gasteiger partial charge in [0.15, 0.2) is 0 Å². The Morgan fingerprint density at radius 1 is 1.21 bits per heavy atom. The zero-order valence-electron chi connectivity index (χ0n) is 11.1. The molecular weight excluding hydrogens is 260 g/mol. The molecule has 0 aliphatic heterocycles. The van der Waals surface area contributed by atoms with Crippen LogP contribution < -0.4 is 9.64 Å². The van der Waals surface area contributed by atoms with E-state index in [0.717, 1.165) is 29.2 Å². The van der Waals surface area contributed by atoms with E-state index < -0.39 is 0 Å². The number of hydrogen-bond acceptors (Lipinski definition) is 3. The molecular formula is C15H17ClN2O. The Balaban J connectivity index is 2.13. The van der Waals surface area contributed by atoms with Crippen LogP contribution in [0.2, 0.25) is 0 Å². The molecule has 4 heteroatoms. The number of methoxy groups -OCH3 is 1. The van der Waals surface area contributed by atoms with Crippen molar-refractivity contribution in [3.8, 4) is 5.75 Å². The van der Waals surface area contributed by atoms with E-state index in [1.54, 1.807) is 13.3 Å². The molecule has 0 radical (unpaired) electrons. The Kier molecular flexibility index (Phi) is 4.63. The van der Waals surface area contributed by atoms with Crippen molar-refractivity contribution in [2.45, 2.75) is 12.4 Å². The van der Waals surface area contributed by atoms with Crippen LogP contribution in [-0.4, -0.2) is 19.1 Å². The first kappa shape index (κ1) is 13.7. The molecule has 0 saturated heterocycles. The lowest BCUT2D eigenvalue weighted by molar-refractivity contribution is 0.409. The standard InChI is InChI=1S/C15H17ClN2O/c1-18(15-8-7-12(9-16)10-17-15)11-13-5-3-4-6-14(13)19-2/h3-8,10H,9,11H2,1-2H3. The molecule has 0 fully saturated rings. The van der Waals surface area contributed by atoms with Gasteiger partial charge in [0.25, 0.3) is 0 Å². The van der Waals surface area contributed by atoms with E-state index in [2.05, 4.69) is 16.0 Å². The maximum Gasteiger partial charge on any atom is 0.128 e. The van der Waals surface area contributed by atoms with E-state index >= 15 is 0 Å². The maximum atomic E-state index is 5.76. The van der Waals surface area contributed by atoms with E-state index in [0.29, 0.717) is 5.88 Å². The summed E-state index contributed by atoms with van der Waals surface area (Å²) in [5, 5.41) is 0. The Hall–Kier alpha value is -1.74. The zero-order chi connectivity index (χ0) is 13.7. The van der Waals surface area contributed by atoms with Crippen molar-refractivity contribution in [1.29, 1.82) is 0 Å². The predicted molar refractivity (Wildman–Crippen MR) is 78.9 cm³/mol. The van der Waals surface area contributed by atoms with Crippen molar-refractivity contribution in [3.63, 3.8) is 0 Å². The molecule has 2 aromatic rings. The van der Waals surface area contributed by atoms with Gasteiger partial charge in [-0.25, -0.2) is 4.98 Å². The van der Waals surface area contributed by atoms with Crippen LogP contribution in [-0.2, 0) is 12.4 Å². The third-order valence-corrected chi connectivity index (χ3v) is 3.26. The Morgan fingerprint density at radius 3 is 2.63 bits per heavy atom. The van der Waals surface area contributed by atoms with Gasteiger partial charge < -0.3 is 9.64 Å². The van der Waals surface area contributed by atoms with Gasteiger partial charge in [0.05, 0.1) is 7.11 Å². The molecule has 100 valence electrons. The van der Waals surface area contributed by atoms with E-state index in [-0.39, 0.29) is 0 Å². The maximum absolute atomic E-state index is 5.76. The Morgan fingerprint density at radius 2 is 2.00 bits per heavy atom. The van der Waals surface area contributed by atoms with Crippen LogP contribution in [0.4, 0.5) is 5.82 Å². The molecule has 3 nitrogen and oxygen atoms in total. The third-order valence-electron chi connectivity index (χ3n) is 2.95. The number of anilines is 1. The molecule has 1 aromatic carbocycles. The van der Waals surface area contributed by atoms with Crippen molar-refractivity contribution >= 4 is 17.4 Å². The van der Waals surface area contributed by atoms with Gasteiger partial charge in [-0.2, -0.15) is 0 Å². The van der Waals surface area contributed by atoms with Gasteiger partial charge in [0, 0.05) is 31.2 Å². The predicted octanol–water partition coefficient (Wildman–Crippen LogP) is 3.47. The summed E-state index contributed by atoms with van der Waals surface area (Å²) in [5.41, 5.74) is 2.16. The summed E-state index contributed by atoms with van der Waals surface area (Å²) < 4.78 is 5.35. The number of aromatic nitrogens is 1. The summed E-state index contributed by atoms with van der Waals surface area (Å²) in [6.45, 7) is 0.747. The van der Waals surface area contributed by atoms with Gasteiger partial charge in [0.1, 0.15) is 11.6 Å². The first-order valence-electron chi connectivity index (χ1n) is 6.08. The minimum Gasteiger partial charge on any atom is -0.496 e. The summed E-state index contributed by atoms with van der Waals surface area (Å²) in [5.74, 6) is 2.30. The largest absolute Gasteiger partial charge is 0.496 e. The second-order valence-corrected chi connectivity index (χ2v) is 4.59. The molecule has 0 N–H and O–H groups in total. The summed E-state index contributed by atoms with van der Waals surface area (Å²) in [7, 11) is 3.70. The average Bonchev–Trinajstić information content (AvgIpc) is 2.48. The number of benzene rings is 1. The number of rotatable bonds is 5. The van der Waals surface area contributed by atoms with Crippen LogP contribution >= 0.6 is 11.6 Å². The summed E-state index contributed by atoms with van der Waals surface area (Å²) in [6.07, 6.45) is 1.81. The summed E-state index contributed by atoms with van der Waals surface area (Å²) in [6, 6.07) is 12.0. The van der Waals surface area contributed by atoms with Crippen molar-refractivity contribution in [2.24, 2.45) is 0 Å². The fourth-order valence-electron chi connectivity index (χ4n) is 1.89. The monoisotopic (exact) mass is 276 g/mol. The van der Waals surface area contributed by atoms with Crippen molar-refractivity contribution in [1.82, 2.24) is 4.98 Å². The molecule has 0 amide bonds. The Labute approximate surface area is 118 Å². The van der Waals surface area contributed by atoms with E-state index in [9.17, 15) is 0 Å². The van der Waals surface area contributed by atoms with Gasteiger partial charge >= 0.3 is 0 Å². The second kappa shape index (κ2) is 6.43. The molecule has 1 heterocycles. The number of pyridine rings is 1. The van der Waals surface area contributed by atoms with Crippen molar-refractivity contribution in [3.05, 3.63) is 53.7 Å². The summed E-state index contributed by atoms with van der Waals surface area (Å²) in [4.78, 5) is 6.48.